The molecule has 114 valence electrons. The van der Waals surface area contributed by atoms with Gasteiger partial charge in [-0.15, -0.1) is 0 Å². The number of rotatable bonds is 5. The molecule has 1 aliphatic carbocycles. The molecule has 0 saturated heterocycles. The molecule has 1 amide bonds. The van der Waals surface area contributed by atoms with Crippen molar-refractivity contribution in [3.8, 4) is 0 Å². The minimum atomic E-state index is -0.826. The zero-order valence-corrected chi connectivity index (χ0v) is 11.9. The number of carbonyl (C=O) groups excluding carboxylic acids is 1. The molecule has 2 N–H and O–H groups in total. The zero-order valence-electron chi connectivity index (χ0n) is 11.9. The first-order valence-corrected chi connectivity index (χ1v) is 7.26. The van der Waals surface area contributed by atoms with Gasteiger partial charge in [0.25, 0.3) is 5.91 Å². The summed E-state index contributed by atoms with van der Waals surface area (Å²) in [6, 6.07) is 5.33. The molecule has 0 heterocycles. The second-order valence-electron chi connectivity index (χ2n) is 5.82. The van der Waals surface area contributed by atoms with Crippen molar-refractivity contribution in [1.29, 1.82) is 0 Å². The molecular weight excluding hydrogens is 273 g/mol. The number of carboxylic acid groups (broad SMARTS) is 1. The maximum Gasteiger partial charge on any atom is 0.303 e. The lowest BCUT2D eigenvalue weighted by molar-refractivity contribution is -0.140. The number of hydrogen-bond acceptors (Lipinski definition) is 2. The first kappa shape index (κ1) is 15.5. The number of benzene rings is 1. The Morgan fingerprint density at radius 3 is 2.33 bits per heavy atom. The third-order valence-corrected chi connectivity index (χ3v) is 4.17. The predicted molar refractivity (Wildman–Crippen MR) is 76.5 cm³/mol. The van der Waals surface area contributed by atoms with E-state index in [0.29, 0.717) is 12.1 Å². The van der Waals surface area contributed by atoms with E-state index >= 15 is 0 Å². The van der Waals surface area contributed by atoms with E-state index in [1.54, 1.807) is 0 Å². The van der Waals surface area contributed by atoms with E-state index in [1.165, 1.54) is 24.3 Å². The van der Waals surface area contributed by atoms with E-state index in [1.807, 2.05) is 0 Å². The summed E-state index contributed by atoms with van der Waals surface area (Å²) in [6.45, 7) is 0.357. The van der Waals surface area contributed by atoms with Crippen LogP contribution in [0, 0.1) is 11.2 Å². The number of hydrogen-bond donors (Lipinski definition) is 2. The van der Waals surface area contributed by atoms with E-state index < -0.39 is 5.97 Å². The monoisotopic (exact) mass is 293 g/mol. The van der Waals surface area contributed by atoms with Gasteiger partial charge in [-0.2, -0.15) is 0 Å². The largest absolute Gasteiger partial charge is 0.481 e. The maximum atomic E-state index is 12.8. The molecule has 0 aromatic heterocycles. The Labute approximate surface area is 123 Å². The fraction of sp³-hybridized carbons (Fsp3) is 0.500. The molecule has 0 unspecified atom stereocenters. The van der Waals surface area contributed by atoms with Crippen LogP contribution in [-0.4, -0.2) is 23.5 Å². The lowest BCUT2D eigenvalue weighted by Crippen LogP contribution is -2.40. The molecule has 0 aliphatic heterocycles. The second kappa shape index (κ2) is 6.70. The quantitative estimate of drug-likeness (QED) is 0.877. The molecule has 1 aromatic rings. The van der Waals surface area contributed by atoms with E-state index in [-0.39, 0.29) is 23.6 Å². The summed E-state index contributed by atoms with van der Waals surface area (Å²) < 4.78 is 12.8. The molecule has 1 saturated carbocycles. The van der Waals surface area contributed by atoms with Crippen LogP contribution >= 0.6 is 0 Å². The SMILES string of the molecule is O=C(O)CC1(CNC(=O)c2ccc(F)cc2)CCCCC1. The third-order valence-electron chi connectivity index (χ3n) is 4.17. The van der Waals surface area contributed by atoms with Crippen molar-refractivity contribution in [2.75, 3.05) is 6.54 Å². The van der Waals surface area contributed by atoms with E-state index in [2.05, 4.69) is 5.32 Å². The van der Waals surface area contributed by atoms with Crippen molar-refractivity contribution >= 4 is 11.9 Å². The van der Waals surface area contributed by atoms with Crippen molar-refractivity contribution in [2.24, 2.45) is 5.41 Å². The standard InChI is InChI=1S/C16H20FNO3/c17-13-6-4-12(5-7-13)15(21)18-11-16(10-14(19)20)8-2-1-3-9-16/h4-7H,1-3,8-11H2,(H,18,21)(H,19,20). The maximum absolute atomic E-state index is 12.8. The van der Waals surface area contributed by atoms with Crippen LogP contribution in [-0.2, 0) is 4.79 Å². The van der Waals surface area contributed by atoms with Gasteiger partial charge in [0.15, 0.2) is 0 Å². The summed E-state index contributed by atoms with van der Waals surface area (Å²) in [6.07, 6.45) is 4.84. The first-order valence-electron chi connectivity index (χ1n) is 7.26. The van der Waals surface area contributed by atoms with Gasteiger partial charge in [0, 0.05) is 12.1 Å². The Kier molecular flexibility index (Phi) is 4.94. The number of carbonyl (C=O) groups is 2. The zero-order chi connectivity index (χ0) is 15.3. The summed E-state index contributed by atoms with van der Waals surface area (Å²) in [5, 5.41) is 11.9. The van der Waals surface area contributed by atoms with Gasteiger partial charge in [-0.05, 0) is 42.5 Å². The Hall–Kier alpha value is -1.91. The van der Waals surface area contributed by atoms with Gasteiger partial charge in [-0.25, -0.2) is 4.39 Å². The number of amides is 1. The van der Waals surface area contributed by atoms with Gasteiger partial charge in [-0.3, -0.25) is 9.59 Å². The van der Waals surface area contributed by atoms with Gasteiger partial charge >= 0.3 is 5.97 Å². The highest BCUT2D eigenvalue weighted by Gasteiger charge is 2.34. The Balaban J connectivity index is 1.99. The van der Waals surface area contributed by atoms with Crippen LogP contribution in [0.25, 0.3) is 0 Å². The molecule has 1 fully saturated rings. The van der Waals surface area contributed by atoms with Crippen LogP contribution in [0.3, 0.4) is 0 Å². The molecule has 1 aliphatic rings. The average Bonchev–Trinajstić information content (AvgIpc) is 2.46. The van der Waals surface area contributed by atoms with Gasteiger partial charge in [-0.1, -0.05) is 19.3 Å². The van der Waals surface area contributed by atoms with E-state index in [0.717, 1.165) is 32.1 Å². The fourth-order valence-electron chi connectivity index (χ4n) is 3.01. The molecule has 0 atom stereocenters. The fourth-order valence-corrected chi connectivity index (χ4v) is 3.01. The Bertz CT molecular complexity index is 507. The summed E-state index contributed by atoms with van der Waals surface area (Å²) in [5.74, 6) is -1.50. The highest BCUT2D eigenvalue weighted by Crippen LogP contribution is 2.38. The van der Waals surface area contributed by atoms with Gasteiger partial charge in [0.05, 0.1) is 6.42 Å². The summed E-state index contributed by atoms with van der Waals surface area (Å²) in [7, 11) is 0. The van der Waals surface area contributed by atoms with Crippen LogP contribution in [0.15, 0.2) is 24.3 Å². The predicted octanol–water partition coefficient (Wildman–Crippen LogP) is 2.98. The molecule has 5 heteroatoms. The molecule has 0 bridgehead atoms. The van der Waals surface area contributed by atoms with Crippen molar-refractivity contribution in [1.82, 2.24) is 5.32 Å². The minimum absolute atomic E-state index is 0.0801. The molecule has 0 spiro atoms. The van der Waals surface area contributed by atoms with E-state index in [4.69, 9.17) is 5.11 Å². The van der Waals surface area contributed by atoms with Gasteiger partial charge in [0.2, 0.25) is 0 Å². The minimum Gasteiger partial charge on any atom is -0.481 e. The summed E-state index contributed by atoms with van der Waals surface area (Å²) in [5.41, 5.74) is 0.0393. The lowest BCUT2D eigenvalue weighted by atomic mass is 9.71. The molecule has 2 rings (SSSR count). The Morgan fingerprint density at radius 1 is 1.14 bits per heavy atom. The highest BCUT2D eigenvalue weighted by molar-refractivity contribution is 5.94. The van der Waals surface area contributed by atoms with Gasteiger partial charge in [0.1, 0.15) is 5.82 Å². The summed E-state index contributed by atoms with van der Waals surface area (Å²) in [4.78, 5) is 23.1. The van der Waals surface area contributed by atoms with Crippen LogP contribution in [0.2, 0.25) is 0 Å². The van der Waals surface area contributed by atoms with Crippen molar-refractivity contribution in [2.45, 2.75) is 38.5 Å². The summed E-state index contributed by atoms with van der Waals surface area (Å²) >= 11 is 0. The van der Waals surface area contributed by atoms with Crippen LogP contribution in [0.1, 0.15) is 48.9 Å². The van der Waals surface area contributed by atoms with Crippen LogP contribution in [0.5, 0.6) is 0 Å². The smallest absolute Gasteiger partial charge is 0.303 e. The number of carboxylic acids is 1. The first-order chi connectivity index (χ1) is 10.0. The Morgan fingerprint density at radius 2 is 1.76 bits per heavy atom. The molecule has 0 radical (unpaired) electrons. The molecule has 1 aromatic carbocycles. The van der Waals surface area contributed by atoms with Gasteiger partial charge < -0.3 is 10.4 Å². The lowest BCUT2D eigenvalue weighted by Gasteiger charge is -2.36. The van der Waals surface area contributed by atoms with Crippen LogP contribution < -0.4 is 5.32 Å². The van der Waals surface area contributed by atoms with Crippen molar-refractivity contribution in [3.05, 3.63) is 35.6 Å². The topological polar surface area (TPSA) is 66.4 Å². The molecule has 21 heavy (non-hydrogen) atoms. The highest BCUT2D eigenvalue weighted by atomic mass is 19.1. The van der Waals surface area contributed by atoms with Crippen molar-refractivity contribution in [3.63, 3.8) is 0 Å². The second-order valence-corrected chi connectivity index (χ2v) is 5.82. The molecular formula is C16H20FNO3. The number of aliphatic carboxylic acids is 1. The number of halogens is 1. The normalized spacial score (nSPS) is 17.2. The molecule has 4 nitrogen and oxygen atoms in total. The van der Waals surface area contributed by atoms with Crippen molar-refractivity contribution < 1.29 is 19.1 Å². The average molecular weight is 293 g/mol. The number of nitrogens with one attached hydrogen (secondary N) is 1. The third kappa shape index (κ3) is 4.28. The van der Waals surface area contributed by atoms with Crippen LogP contribution in [0.4, 0.5) is 4.39 Å². The van der Waals surface area contributed by atoms with E-state index in [9.17, 15) is 14.0 Å².